The SMILES string of the molecule is N#Cc1cc(-c2cccc(-n3c4cnccc4c4ccc5c6ccccc6oc5c43)c2)cc(-n2c3ccccc3c3cc(C#N)ccc32)c1. The molecule has 6 nitrogen and oxygen atoms in total. The van der Waals surface area contributed by atoms with Crippen LogP contribution >= 0.6 is 0 Å². The van der Waals surface area contributed by atoms with Crippen LogP contribution in [0.5, 0.6) is 0 Å². The largest absolute Gasteiger partial charge is 0.454 e. The third-order valence-electron chi connectivity index (χ3n) is 9.62. The maximum absolute atomic E-state index is 10.2. The average Bonchev–Trinajstić information content (AvgIpc) is 3.82. The number of fused-ring (bicyclic) bond motifs is 10. The van der Waals surface area contributed by atoms with E-state index in [1.54, 1.807) is 0 Å². The van der Waals surface area contributed by atoms with E-state index in [0.717, 1.165) is 88.1 Å². The van der Waals surface area contributed by atoms with Crippen molar-refractivity contribution in [1.82, 2.24) is 14.1 Å². The zero-order chi connectivity index (χ0) is 32.6. The highest BCUT2D eigenvalue weighted by molar-refractivity contribution is 6.21. The lowest BCUT2D eigenvalue weighted by Crippen LogP contribution is -1.97. The third kappa shape index (κ3) is 3.89. The van der Waals surface area contributed by atoms with Crippen molar-refractivity contribution < 1.29 is 4.42 Å². The number of furan rings is 1. The zero-order valence-electron chi connectivity index (χ0n) is 25.9. The second-order valence-electron chi connectivity index (χ2n) is 12.3. The van der Waals surface area contributed by atoms with E-state index < -0.39 is 0 Å². The van der Waals surface area contributed by atoms with Gasteiger partial charge in [0.1, 0.15) is 5.58 Å². The standard InChI is InChI=1S/C43H23N5O/c44-23-26-12-15-39-37(20-26)32-8-1-3-10-38(32)47(39)31-19-27(24-45)18-29(22-31)28-6-5-7-30(21-28)48-40-25-46-17-16-33(40)35-13-14-36-34-9-2-4-11-41(34)49-43(36)42(35)48/h1-22,25H. The fourth-order valence-electron chi connectivity index (χ4n) is 7.51. The minimum atomic E-state index is 0.558. The normalized spacial score (nSPS) is 11.6. The summed E-state index contributed by atoms with van der Waals surface area (Å²) in [6, 6.07) is 47.5. The molecule has 6 heteroatoms. The lowest BCUT2D eigenvalue weighted by molar-refractivity contribution is 0.671. The summed E-state index contributed by atoms with van der Waals surface area (Å²) in [6.07, 6.45) is 3.74. The monoisotopic (exact) mass is 625 g/mol. The molecule has 0 bridgehead atoms. The molecule has 226 valence electrons. The molecule has 10 rings (SSSR count). The van der Waals surface area contributed by atoms with Crippen LogP contribution in [0.1, 0.15) is 11.1 Å². The predicted octanol–water partition coefficient (Wildman–Crippen LogP) is 10.6. The fourth-order valence-corrected chi connectivity index (χ4v) is 7.51. The first-order chi connectivity index (χ1) is 24.2. The number of nitrogens with zero attached hydrogens (tertiary/aromatic N) is 5. The minimum absolute atomic E-state index is 0.558. The first-order valence-corrected chi connectivity index (χ1v) is 16.0. The molecule has 49 heavy (non-hydrogen) atoms. The van der Waals surface area contributed by atoms with Gasteiger partial charge < -0.3 is 13.6 Å². The van der Waals surface area contributed by atoms with E-state index in [0.29, 0.717) is 11.1 Å². The number of pyridine rings is 1. The molecule has 0 saturated carbocycles. The smallest absolute Gasteiger partial charge is 0.160 e. The summed E-state index contributed by atoms with van der Waals surface area (Å²) in [6.45, 7) is 0. The number of benzene rings is 6. The molecule has 0 radical (unpaired) electrons. The molecule has 0 unspecified atom stereocenters. The Hall–Kier alpha value is -7.15. The number of aromatic nitrogens is 3. The summed E-state index contributed by atoms with van der Waals surface area (Å²) in [5, 5.41) is 26.2. The van der Waals surface area contributed by atoms with E-state index in [2.05, 4.69) is 93.0 Å². The summed E-state index contributed by atoms with van der Waals surface area (Å²) in [5.41, 5.74) is 10.5. The Morgan fingerprint density at radius 3 is 2.18 bits per heavy atom. The predicted molar refractivity (Wildman–Crippen MR) is 195 cm³/mol. The van der Waals surface area contributed by atoms with Crippen molar-refractivity contribution in [2.24, 2.45) is 0 Å². The van der Waals surface area contributed by atoms with Crippen LogP contribution in [0.4, 0.5) is 0 Å². The van der Waals surface area contributed by atoms with Crippen molar-refractivity contribution in [1.29, 1.82) is 10.5 Å². The molecule has 0 fully saturated rings. The van der Waals surface area contributed by atoms with Crippen molar-refractivity contribution in [2.45, 2.75) is 0 Å². The second-order valence-corrected chi connectivity index (χ2v) is 12.3. The number of para-hydroxylation sites is 2. The quantitative estimate of drug-likeness (QED) is 0.196. The highest BCUT2D eigenvalue weighted by atomic mass is 16.3. The Labute approximate surface area is 279 Å². The molecule has 10 aromatic rings. The van der Waals surface area contributed by atoms with Gasteiger partial charge in [-0.2, -0.15) is 10.5 Å². The third-order valence-corrected chi connectivity index (χ3v) is 9.62. The van der Waals surface area contributed by atoms with Crippen LogP contribution in [0.25, 0.3) is 88.1 Å². The maximum atomic E-state index is 10.2. The molecular weight excluding hydrogens is 603 g/mol. The van der Waals surface area contributed by atoms with Crippen LogP contribution in [-0.4, -0.2) is 14.1 Å². The zero-order valence-corrected chi connectivity index (χ0v) is 25.9. The van der Waals surface area contributed by atoms with Gasteiger partial charge in [-0.25, -0.2) is 0 Å². The van der Waals surface area contributed by atoms with Crippen molar-refractivity contribution in [3.05, 3.63) is 151 Å². The minimum Gasteiger partial charge on any atom is -0.454 e. The van der Waals surface area contributed by atoms with Gasteiger partial charge in [-0.1, -0.05) is 54.6 Å². The van der Waals surface area contributed by atoms with Gasteiger partial charge >= 0.3 is 0 Å². The topological polar surface area (TPSA) is 83.5 Å². The summed E-state index contributed by atoms with van der Waals surface area (Å²) in [5.74, 6) is 0. The van der Waals surface area contributed by atoms with Gasteiger partial charge in [0.05, 0.1) is 51.5 Å². The molecule has 0 aliphatic carbocycles. The van der Waals surface area contributed by atoms with Crippen LogP contribution in [0, 0.1) is 22.7 Å². The summed E-state index contributed by atoms with van der Waals surface area (Å²) in [4.78, 5) is 4.51. The van der Waals surface area contributed by atoms with Crippen LogP contribution in [0.15, 0.2) is 144 Å². The molecule has 0 atom stereocenters. The molecule has 4 aromatic heterocycles. The first-order valence-electron chi connectivity index (χ1n) is 16.0. The molecule has 0 spiro atoms. The van der Waals surface area contributed by atoms with E-state index >= 15 is 0 Å². The summed E-state index contributed by atoms with van der Waals surface area (Å²) in [7, 11) is 0. The first kappa shape index (κ1) is 27.0. The van der Waals surface area contributed by atoms with Gasteiger partial charge in [-0.05, 0) is 83.9 Å². The molecule has 0 aliphatic heterocycles. The molecule has 4 heterocycles. The van der Waals surface area contributed by atoms with Crippen molar-refractivity contribution in [2.75, 3.05) is 0 Å². The number of hydrogen-bond acceptors (Lipinski definition) is 4. The van der Waals surface area contributed by atoms with Gasteiger partial charge in [-0.3, -0.25) is 4.98 Å². The number of hydrogen-bond donors (Lipinski definition) is 0. The van der Waals surface area contributed by atoms with Crippen molar-refractivity contribution in [3.8, 4) is 34.6 Å². The Morgan fingerprint density at radius 2 is 1.29 bits per heavy atom. The van der Waals surface area contributed by atoms with Gasteiger partial charge in [0.25, 0.3) is 0 Å². The lowest BCUT2D eigenvalue weighted by Gasteiger charge is -2.13. The number of nitriles is 2. The molecule has 6 aromatic carbocycles. The maximum Gasteiger partial charge on any atom is 0.160 e. The molecular formula is C43H23N5O. The van der Waals surface area contributed by atoms with E-state index in [1.165, 1.54) is 0 Å². The van der Waals surface area contributed by atoms with Crippen molar-refractivity contribution in [3.63, 3.8) is 0 Å². The van der Waals surface area contributed by atoms with Crippen LogP contribution in [0.3, 0.4) is 0 Å². The Balaban J connectivity index is 1.22. The molecule has 0 N–H and O–H groups in total. The molecule has 0 saturated heterocycles. The van der Waals surface area contributed by atoms with Gasteiger partial charge in [0.15, 0.2) is 5.58 Å². The van der Waals surface area contributed by atoms with E-state index in [9.17, 15) is 10.5 Å². The molecule has 0 amide bonds. The van der Waals surface area contributed by atoms with Crippen molar-refractivity contribution >= 4 is 65.6 Å². The Morgan fingerprint density at radius 1 is 0.510 bits per heavy atom. The average molecular weight is 626 g/mol. The van der Waals surface area contributed by atoms with E-state index in [4.69, 9.17) is 4.42 Å². The van der Waals surface area contributed by atoms with Crippen LogP contribution in [0.2, 0.25) is 0 Å². The van der Waals surface area contributed by atoms with E-state index in [1.807, 2.05) is 73.1 Å². The van der Waals surface area contributed by atoms with Crippen LogP contribution < -0.4 is 0 Å². The van der Waals surface area contributed by atoms with Gasteiger partial charge in [0, 0.05) is 49.9 Å². The number of rotatable bonds is 3. The summed E-state index contributed by atoms with van der Waals surface area (Å²) >= 11 is 0. The Kier molecular flexibility index (Phi) is 5.61. The van der Waals surface area contributed by atoms with Crippen LogP contribution in [-0.2, 0) is 0 Å². The fraction of sp³-hybridized carbons (Fsp3) is 0. The summed E-state index contributed by atoms with van der Waals surface area (Å²) < 4.78 is 11.0. The van der Waals surface area contributed by atoms with Gasteiger partial charge in [-0.15, -0.1) is 0 Å². The highest BCUT2D eigenvalue weighted by Crippen LogP contribution is 2.41. The van der Waals surface area contributed by atoms with Gasteiger partial charge in [0.2, 0.25) is 0 Å². The highest BCUT2D eigenvalue weighted by Gasteiger charge is 2.20. The lowest BCUT2D eigenvalue weighted by atomic mass is 10.0. The Bertz CT molecular complexity index is 3090. The second kappa shape index (κ2) is 10.2. The van der Waals surface area contributed by atoms with E-state index in [-0.39, 0.29) is 0 Å². The molecule has 0 aliphatic rings.